The molecule has 1 saturated heterocycles. The molecule has 1 fully saturated rings. The van der Waals surface area contributed by atoms with Gasteiger partial charge in [-0.25, -0.2) is 0 Å². The molecule has 1 heterocycles. The van der Waals surface area contributed by atoms with Crippen molar-refractivity contribution in [1.29, 1.82) is 0 Å². The van der Waals surface area contributed by atoms with Crippen molar-refractivity contribution in [3.8, 4) is 5.75 Å². The molecule has 0 aliphatic carbocycles. The number of likely N-dealkylation sites (tertiary alicyclic amines) is 1. The number of ether oxygens (including phenoxy) is 1. The molecule has 0 saturated carbocycles. The van der Waals surface area contributed by atoms with Gasteiger partial charge >= 0.3 is 0 Å². The molecule has 1 aliphatic rings. The number of benzene rings is 2. The average molecular weight is 393 g/mol. The fourth-order valence-electron chi connectivity index (χ4n) is 2.98. The molecule has 3 rings (SSSR count). The lowest BCUT2D eigenvalue weighted by Gasteiger charge is -2.17. The molecule has 0 unspecified atom stereocenters. The van der Waals surface area contributed by atoms with Crippen molar-refractivity contribution in [2.24, 2.45) is 0 Å². The maximum atomic E-state index is 12.2. The summed E-state index contributed by atoms with van der Waals surface area (Å²) in [5.74, 6) is 0.785. The van der Waals surface area contributed by atoms with Crippen LogP contribution < -0.4 is 10.1 Å². The minimum atomic E-state index is 0.0539. The lowest BCUT2D eigenvalue weighted by Crippen LogP contribution is -2.32. The van der Waals surface area contributed by atoms with Gasteiger partial charge in [0.2, 0.25) is 0 Å². The Morgan fingerprint density at radius 2 is 1.77 bits per heavy atom. The monoisotopic (exact) mass is 392 g/mol. The van der Waals surface area contributed by atoms with Gasteiger partial charge in [0.15, 0.2) is 6.61 Å². The summed E-state index contributed by atoms with van der Waals surface area (Å²) in [5.41, 5.74) is 1.99. The zero-order valence-corrected chi connectivity index (χ0v) is 16.0. The Morgan fingerprint density at radius 3 is 2.54 bits per heavy atom. The van der Waals surface area contributed by atoms with E-state index in [0.29, 0.717) is 23.1 Å². The molecule has 0 aromatic heterocycles. The van der Waals surface area contributed by atoms with Crippen LogP contribution in [0.5, 0.6) is 5.75 Å². The Balaban J connectivity index is 1.54. The highest BCUT2D eigenvalue weighted by Crippen LogP contribution is 2.22. The first-order valence-corrected chi connectivity index (χ1v) is 9.52. The maximum absolute atomic E-state index is 12.2. The van der Waals surface area contributed by atoms with Crippen molar-refractivity contribution in [1.82, 2.24) is 10.2 Å². The molecule has 0 spiro atoms. The molecule has 138 valence electrons. The van der Waals surface area contributed by atoms with Crippen molar-refractivity contribution >= 4 is 29.1 Å². The second-order valence-corrected chi connectivity index (χ2v) is 7.17. The van der Waals surface area contributed by atoms with Gasteiger partial charge in [-0.2, -0.15) is 0 Å². The molecule has 0 bridgehead atoms. The molecule has 26 heavy (non-hydrogen) atoms. The number of nitrogens with zero attached hydrogens (tertiary/aromatic N) is 1. The van der Waals surface area contributed by atoms with Crippen molar-refractivity contribution in [3.05, 3.63) is 63.6 Å². The largest absolute Gasteiger partial charge is 0.483 e. The van der Waals surface area contributed by atoms with Crippen LogP contribution in [0.3, 0.4) is 0 Å². The summed E-state index contributed by atoms with van der Waals surface area (Å²) in [6.07, 6.45) is 2.17. The topological polar surface area (TPSA) is 41.6 Å². The summed E-state index contributed by atoms with van der Waals surface area (Å²) in [5, 5.41) is 4.63. The zero-order valence-electron chi connectivity index (χ0n) is 14.5. The number of para-hydroxylation sites is 1. The van der Waals surface area contributed by atoms with E-state index in [4.69, 9.17) is 27.9 Å². The summed E-state index contributed by atoms with van der Waals surface area (Å²) in [4.78, 5) is 14.0. The quantitative estimate of drug-likeness (QED) is 0.763. The third-order valence-electron chi connectivity index (χ3n) is 4.43. The summed E-state index contributed by atoms with van der Waals surface area (Å²) >= 11 is 12.1. The van der Waals surface area contributed by atoms with Crippen LogP contribution in [0.25, 0.3) is 0 Å². The Morgan fingerprint density at radius 1 is 1.04 bits per heavy atom. The van der Waals surface area contributed by atoms with Crippen LogP contribution in [-0.2, 0) is 17.9 Å². The molecule has 1 amide bonds. The third-order valence-corrected chi connectivity index (χ3v) is 5.02. The van der Waals surface area contributed by atoms with Gasteiger partial charge in [0.05, 0.1) is 0 Å². The third kappa shape index (κ3) is 5.13. The number of halogens is 2. The molecule has 6 heteroatoms. The second kappa shape index (κ2) is 9.26. The van der Waals surface area contributed by atoms with Gasteiger partial charge in [0.1, 0.15) is 5.75 Å². The first-order chi connectivity index (χ1) is 12.6. The van der Waals surface area contributed by atoms with Crippen LogP contribution in [0.1, 0.15) is 24.0 Å². The molecule has 4 nitrogen and oxygen atoms in total. The number of nitrogens with one attached hydrogen (secondary N) is 1. The van der Waals surface area contributed by atoms with Crippen molar-refractivity contribution in [2.75, 3.05) is 19.7 Å². The first-order valence-electron chi connectivity index (χ1n) is 8.76. The zero-order chi connectivity index (χ0) is 18.4. The molecule has 2 aromatic rings. The van der Waals surface area contributed by atoms with Crippen LogP contribution in [0, 0.1) is 0 Å². The summed E-state index contributed by atoms with van der Waals surface area (Å²) in [7, 11) is 0. The van der Waals surface area contributed by atoms with Gasteiger partial charge in [-0.3, -0.25) is 4.79 Å². The standard InChI is InChI=1S/C20H22Cl2N2O2/c21-17-8-7-15(18(22)11-17)12-23-13-16-5-1-2-6-19(16)26-14-20(25)24-9-3-4-10-24/h1-2,5-8,11,23H,3-4,9-10,12-14H2. The molecule has 0 atom stereocenters. The highest BCUT2D eigenvalue weighted by atomic mass is 35.5. The highest BCUT2D eigenvalue weighted by Gasteiger charge is 2.18. The Labute approximate surface area is 164 Å². The minimum absolute atomic E-state index is 0.0539. The van der Waals surface area contributed by atoms with Crippen LogP contribution in [0.4, 0.5) is 0 Å². The Bertz CT molecular complexity index is 761. The number of amides is 1. The van der Waals surface area contributed by atoms with Gasteiger partial charge in [-0.1, -0.05) is 47.5 Å². The lowest BCUT2D eigenvalue weighted by atomic mass is 10.2. The fourth-order valence-corrected chi connectivity index (χ4v) is 3.46. The van der Waals surface area contributed by atoms with Crippen molar-refractivity contribution in [2.45, 2.75) is 25.9 Å². The molecular weight excluding hydrogens is 371 g/mol. The van der Waals surface area contributed by atoms with Gasteiger partial charge in [-0.15, -0.1) is 0 Å². The minimum Gasteiger partial charge on any atom is -0.483 e. The van der Waals surface area contributed by atoms with Crippen molar-refractivity contribution < 1.29 is 9.53 Å². The number of carbonyl (C=O) groups is 1. The van der Waals surface area contributed by atoms with E-state index in [1.165, 1.54) is 0 Å². The molecule has 1 aliphatic heterocycles. The molecule has 2 aromatic carbocycles. The van der Waals surface area contributed by atoms with Gasteiger partial charge < -0.3 is 15.0 Å². The first kappa shape index (κ1) is 19.0. The number of hydrogen-bond donors (Lipinski definition) is 1. The molecule has 1 N–H and O–H groups in total. The van der Waals surface area contributed by atoms with E-state index in [9.17, 15) is 4.79 Å². The Hall–Kier alpha value is -1.75. The predicted molar refractivity (Wildman–Crippen MR) is 105 cm³/mol. The van der Waals surface area contributed by atoms with Crippen molar-refractivity contribution in [3.63, 3.8) is 0 Å². The van der Waals surface area contributed by atoms with Gasteiger partial charge in [0.25, 0.3) is 5.91 Å². The van der Waals surface area contributed by atoms with E-state index in [2.05, 4.69) is 5.32 Å². The molecule has 0 radical (unpaired) electrons. The summed E-state index contributed by atoms with van der Waals surface area (Å²) in [6, 6.07) is 13.2. The normalized spacial score (nSPS) is 13.8. The van der Waals surface area contributed by atoms with E-state index in [1.807, 2.05) is 41.3 Å². The predicted octanol–water partition coefficient (Wildman–Crippen LogP) is 4.28. The van der Waals surface area contributed by atoms with E-state index in [-0.39, 0.29) is 12.5 Å². The van der Waals surface area contributed by atoms with Crippen LogP contribution in [0.2, 0.25) is 10.0 Å². The van der Waals surface area contributed by atoms with Crippen LogP contribution in [-0.4, -0.2) is 30.5 Å². The highest BCUT2D eigenvalue weighted by molar-refractivity contribution is 6.35. The number of carbonyl (C=O) groups excluding carboxylic acids is 1. The van der Waals surface area contributed by atoms with E-state index >= 15 is 0 Å². The van der Waals surface area contributed by atoms with Gasteiger partial charge in [-0.05, 0) is 36.6 Å². The summed E-state index contributed by atoms with van der Waals surface area (Å²) < 4.78 is 5.78. The van der Waals surface area contributed by atoms with Gasteiger partial charge in [0, 0.05) is 41.8 Å². The molecular formula is C20H22Cl2N2O2. The number of rotatable bonds is 7. The van der Waals surface area contributed by atoms with Crippen LogP contribution >= 0.6 is 23.2 Å². The fraction of sp³-hybridized carbons (Fsp3) is 0.350. The van der Waals surface area contributed by atoms with E-state index < -0.39 is 0 Å². The average Bonchev–Trinajstić information content (AvgIpc) is 3.17. The van der Waals surface area contributed by atoms with Crippen LogP contribution in [0.15, 0.2) is 42.5 Å². The smallest absolute Gasteiger partial charge is 0.260 e. The van der Waals surface area contributed by atoms with E-state index in [0.717, 1.165) is 42.8 Å². The lowest BCUT2D eigenvalue weighted by molar-refractivity contribution is -0.132. The Kier molecular flexibility index (Phi) is 6.78. The van der Waals surface area contributed by atoms with E-state index in [1.54, 1.807) is 6.07 Å². The maximum Gasteiger partial charge on any atom is 0.260 e. The summed E-state index contributed by atoms with van der Waals surface area (Å²) in [6.45, 7) is 3.00. The SMILES string of the molecule is O=C(COc1ccccc1CNCc1ccc(Cl)cc1Cl)N1CCCC1. The second-order valence-electron chi connectivity index (χ2n) is 6.32. The number of hydrogen-bond acceptors (Lipinski definition) is 3.